The third kappa shape index (κ3) is 21.4. The predicted molar refractivity (Wildman–Crippen MR) is 333 cm³/mol. The van der Waals surface area contributed by atoms with Crippen LogP contribution in [0, 0.1) is 0 Å². The Kier molecular flexibility index (Phi) is 24.7. The SMILES string of the molecule is O=C(CN1CCN(CC(=O)NCc2ncccc2OCc2ccccc2)CCN(CC(=O)NCc2ncccc2OCc2ccccc2)CCN(CC(=O)NCc2ncccc2OCc2ccccc2)CC1)NCc1ncccc1OCc1ccccc1. The van der Waals surface area contributed by atoms with E-state index >= 15 is 0 Å². The molecule has 0 bridgehead atoms. The molecular weight excluding hydrogens is 1110 g/mol. The Bertz CT molecular complexity index is 2960. The van der Waals surface area contributed by atoms with Crippen LogP contribution in [0.15, 0.2) is 195 Å². The molecule has 8 aromatic rings. The Morgan fingerprint density at radius 2 is 0.500 bits per heavy atom. The number of amides is 4. The lowest BCUT2D eigenvalue weighted by atomic mass is 10.2. The minimum absolute atomic E-state index is 0.0194. The van der Waals surface area contributed by atoms with Crippen LogP contribution in [-0.4, -0.2) is 142 Å². The lowest BCUT2D eigenvalue weighted by Gasteiger charge is -2.33. The van der Waals surface area contributed by atoms with Crippen molar-refractivity contribution in [1.29, 1.82) is 0 Å². The van der Waals surface area contributed by atoms with E-state index in [1.165, 1.54) is 0 Å². The van der Waals surface area contributed by atoms with Gasteiger partial charge < -0.3 is 40.2 Å². The first-order valence-corrected chi connectivity index (χ1v) is 29.6. The van der Waals surface area contributed by atoms with Crippen molar-refractivity contribution < 1.29 is 38.1 Å². The molecule has 4 N–H and O–H groups in total. The average molecular weight is 1190 g/mol. The van der Waals surface area contributed by atoms with Gasteiger partial charge in [-0.25, -0.2) is 0 Å². The maximum atomic E-state index is 14.1. The zero-order valence-electron chi connectivity index (χ0n) is 49.5. The van der Waals surface area contributed by atoms with Crippen LogP contribution >= 0.6 is 0 Å². The predicted octanol–water partition coefficient (Wildman–Crippen LogP) is 6.37. The number of benzene rings is 4. The summed E-state index contributed by atoms with van der Waals surface area (Å²) in [5.74, 6) is 1.32. The molecule has 20 heteroatoms. The zero-order valence-corrected chi connectivity index (χ0v) is 49.5. The highest BCUT2D eigenvalue weighted by Crippen LogP contribution is 2.21. The molecule has 20 nitrogen and oxygen atoms in total. The van der Waals surface area contributed by atoms with Gasteiger partial charge in [0, 0.05) is 77.1 Å². The first-order valence-electron chi connectivity index (χ1n) is 29.6. The number of carbonyl (C=O) groups is 4. The first kappa shape index (κ1) is 62.9. The van der Waals surface area contributed by atoms with Crippen LogP contribution in [0.4, 0.5) is 0 Å². The fraction of sp³-hybridized carbons (Fsp3) is 0.294. The van der Waals surface area contributed by atoms with Gasteiger partial charge in [-0.2, -0.15) is 0 Å². The number of rotatable bonds is 28. The van der Waals surface area contributed by atoms with Gasteiger partial charge in [0.25, 0.3) is 0 Å². The van der Waals surface area contributed by atoms with E-state index in [1.54, 1.807) is 49.1 Å². The summed E-state index contributed by atoms with van der Waals surface area (Å²) < 4.78 is 24.6. The van der Waals surface area contributed by atoms with Gasteiger partial charge in [-0.15, -0.1) is 0 Å². The Labute approximate surface area is 514 Å². The van der Waals surface area contributed by atoms with Crippen molar-refractivity contribution in [3.8, 4) is 23.0 Å². The highest BCUT2D eigenvalue weighted by Gasteiger charge is 2.23. The molecule has 456 valence electrons. The number of ether oxygens (including phenoxy) is 4. The van der Waals surface area contributed by atoms with Gasteiger partial charge in [0.15, 0.2) is 0 Å². The molecule has 88 heavy (non-hydrogen) atoms. The molecule has 1 aliphatic rings. The van der Waals surface area contributed by atoms with Crippen LogP contribution in [0.25, 0.3) is 0 Å². The molecule has 0 radical (unpaired) electrons. The largest absolute Gasteiger partial charge is 0.487 e. The van der Waals surface area contributed by atoms with Gasteiger partial charge >= 0.3 is 0 Å². The van der Waals surface area contributed by atoms with E-state index in [4.69, 9.17) is 18.9 Å². The van der Waals surface area contributed by atoms with Crippen molar-refractivity contribution in [1.82, 2.24) is 60.8 Å². The smallest absolute Gasteiger partial charge is 0.234 e. The van der Waals surface area contributed by atoms with Crippen molar-refractivity contribution in [2.24, 2.45) is 0 Å². The molecule has 1 fully saturated rings. The second-order valence-electron chi connectivity index (χ2n) is 21.1. The van der Waals surface area contributed by atoms with E-state index in [9.17, 15) is 19.2 Å². The Morgan fingerprint density at radius 1 is 0.295 bits per heavy atom. The first-order chi connectivity index (χ1) is 43.2. The van der Waals surface area contributed by atoms with Gasteiger partial charge in [-0.3, -0.25) is 58.7 Å². The van der Waals surface area contributed by atoms with Crippen molar-refractivity contribution >= 4 is 23.6 Å². The average Bonchev–Trinajstić information content (AvgIpc) is 3.77. The molecule has 0 atom stereocenters. The molecule has 5 heterocycles. The molecule has 0 aliphatic carbocycles. The Hall–Kier alpha value is -9.60. The third-order valence-electron chi connectivity index (χ3n) is 14.6. The quantitative estimate of drug-likeness (QED) is 0.0419. The van der Waals surface area contributed by atoms with Crippen LogP contribution in [-0.2, 0) is 71.8 Å². The van der Waals surface area contributed by atoms with Crippen molar-refractivity contribution in [2.75, 3.05) is 78.5 Å². The fourth-order valence-corrected chi connectivity index (χ4v) is 9.67. The summed E-state index contributed by atoms with van der Waals surface area (Å²) in [5, 5.41) is 12.3. The molecule has 4 aromatic heterocycles. The molecule has 1 saturated heterocycles. The molecule has 4 amide bonds. The maximum Gasteiger partial charge on any atom is 0.234 e. The van der Waals surface area contributed by atoms with E-state index < -0.39 is 0 Å². The van der Waals surface area contributed by atoms with Crippen LogP contribution in [0.5, 0.6) is 23.0 Å². The number of nitrogens with zero attached hydrogens (tertiary/aromatic N) is 8. The minimum atomic E-state index is -0.237. The van der Waals surface area contributed by atoms with Crippen LogP contribution in [0.2, 0.25) is 0 Å². The Morgan fingerprint density at radius 3 is 0.705 bits per heavy atom. The van der Waals surface area contributed by atoms with Gasteiger partial charge in [0.05, 0.1) is 52.4 Å². The molecular formula is C68H76N12O8. The molecule has 1 aliphatic heterocycles. The van der Waals surface area contributed by atoms with Gasteiger partial charge in [-0.1, -0.05) is 121 Å². The van der Waals surface area contributed by atoms with E-state index in [2.05, 4.69) is 41.2 Å². The van der Waals surface area contributed by atoms with Gasteiger partial charge in [0.1, 0.15) is 72.2 Å². The molecule has 0 unspecified atom stereocenters. The number of hydrogen-bond acceptors (Lipinski definition) is 16. The molecule has 4 aromatic carbocycles. The fourth-order valence-electron chi connectivity index (χ4n) is 9.67. The lowest BCUT2D eigenvalue weighted by Crippen LogP contribution is -2.51. The molecule has 0 saturated carbocycles. The topological polar surface area (TPSA) is 218 Å². The van der Waals surface area contributed by atoms with Crippen LogP contribution < -0.4 is 40.2 Å². The van der Waals surface area contributed by atoms with Crippen LogP contribution in [0.1, 0.15) is 45.0 Å². The second-order valence-corrected chi connectivity index (χ2v) is 21.1. The zero-order chi connectivity index (χ0) is 60.8. The van der Waals surface area contributed by atoms with Gasteiger partial charge in [0.2, 0.25) is 23.6 Å². The van der Waals surface area contributed by atoms with E-state index in [0.29, 0.717) is 125 Å². The second kappa shape index (κ2) is 34.5. The van der Waals surface area contributed by atoms with Crippen molar-refractivity contribution in [3.63, 3.8) is 0 Å². The summed E-state index contributed by atoms with van der Waals surface area (Å²) in [4.78, 5) is 82.5. The monoisotopic (exact) mass is 1190 g/mol. The highest BCUT2D eigenvalue weighted by molar-refractivity contribution is 5.79. The Balaban J connectivity index is 0.894. The molecule has 9 rings (SSSR count). The van der Waals surface area contributed by atoms with Crippen LogP contribution in [0.3, 0.4) is 0 Å². The third-order valence-corrected chi connectivity index (χ3v) is 14.6. The summed E-state index contributed by atoms with van der Waals surface area (Å²) in [6, 6.07) is 53.9. The number of nitrogens with one attached hydrogen (secondary N) is 4. The number of aromatic nitrogens is 4. The number of carbonyl (C=O) groups excluding carboxylic acids is 4. The molecule has 0 spiro atoms. The normalized spacial score (nSPS) is 13.6. The number of hydrogen-bond donors (Lipinski definition) is 4. The maximum absolute atomic E-state index is 14.1. The minimum Gasteiger partial charge on any atom is -0.487 e. The van der Waals surface area contributed by atoms with Crippen molar-refractivity contribution in [3.05, 3.63) is 240 Å². The summed E-state index contributed by atoms with van der Waals surface area (Å²) in [6.45, 7) is 5.08. The standard InChI is InChI=1S/C68H76N12O8/c81-65(73-41-57-61(25-13-29-69-57)85-49-53-17-5-1-6-18-53)45-77-33-35-78(46-66(82)74-42-58-62(26-14-30-70-58)86-50-54-19-7-2-8-20-54)37-39-80(48-68(84)76-44-60-64(28-16-32-72-60)88-52-56-23-11-4-12-24-56)40-38-79(36-34-77)47-67(83)75-43-59-63(27-15-31-71-59)87-51-55-21-9-3-10-22-55/h1-32H,33-52H2,(H,73,81)(H,74,82)(H,75,83)(H,76,84). The summed E-state index contributed by atoms with van der Waals surface area (Å²) in [7, 11) is 0. The highest BCUT2D eigenvalue weighted by atomic mass is 16.5. The lowest BCUT2D eigenvalue weighted by molar-refractivity contribution is -0.125. The summed E-state index contributed by atoms with van der Waals surface area (Å²) >= 11 is 0. The van der Waals surface area contributed by atoms with Crippen molar-refractivity contribution in [2.45, 2.75) is 52.6 Å². The van der Waals surface area contributed by atoms with E-state index in [1.807, 2.05) is 165 Å². The van der Waals surface area contributed by atoms with E-state index in [-0.39, 0.29) is 76.0 Å². The van der Waals surface area contributed by atoms with Gasteiger partial charge in [-0.05, 0) is 70.8 Å². The summed E-state index contributed by atoms with van der Waals surface area (Å²) in [5.41, 5.74) is 6.35. The van der Waals surface area contributed by atoms with E-state index in [0.717, 1.165) is 22.3 Å². The summed E-state index contributed by atoms with van der Waals surface area (Å²) in [6.07, 6.45) is 6.67. The number of pyridine rings is 4.